The third-order valence-electron chi connectivity index (χ3n) is 3.98. The van der Waals surface area contributed by atoms with Gasteiger partial charge in [0, 0.05) is 25.1 Å². The maximum Gasteiger partial charge on any atom is 0.175 e. The van der Waals surface area contributed by atoms with E-state index in [2.05, 4.69) is 34.7 Å². The zero-order valence-corrected chi connectivity index (χ0v) is 16.3. The van der Waals surface area contributed by atoms with Gasteiger partial charge in [-0.1, -0.05) is 13.8 Å². The van der Waals surface area contributed by atoms with Crippen LogP contribution in [0.2, 0.25) is 0 Å². The van der Waals surface area contributed by atoms with Gasteiger partial charge in [-0.2, -0.15) is 0 Å². The number of ether oxygens (including phenoxy) is 2. The van der Waals surface area contributed by atoms with E-state index in [9.17, 15) is 4.79 Å². The zero-order valence-electron chi connectivity index (χ0n) is 14.7. The minimum atomic E-state index is 0.236. The summed E-state index contributed by atoms with van der Waals surface area (Å²) in [6, 6.07) is 3.93. The number of Topliss-reactive ketones (excluding diaryl/α,β-unsaturated/α-hetero) is 1. The van der Waals surface area contributed by atoms with Crippen molar-refractivity contribution in [1.29, 1.82) is 0 Å². The smallest absolute Gasteiger partial charge is 0.175 e. The summed E-state index contributed by atoms with van der Waals surface area (Å²) < 4.78 is 12.4. The third-order valence-corrected chi connectivity index (χ3v) is 4.57. The molecule has 0 saturated carbocycles. The summed E-state index contributed by atoms with van der Waals surface area (Å²) in [5, 5.41) is 0. The molecule has 24 heavy (non-hydrogen) atoms. The largest absolute Gasteiger partial charge is 0.490 e. The fourth-order valence-electron chi connectivity index (χ4n) is 2.70. The third kappa shape index (κ3) is 4.84. The van der Waals surface area contributed by atoms with Crippen molar-refractivity contribution in [3.63, 3.8) is 0 Å². The van der Waals surface area contributed by atoms with Gasteiger partial charge >= 0.3 is 0 Å². The molecule has 0 aliphatic carbocycles. The Hall–Kier alpha value is -1.33. The van der Waals surface area contributed by atoms with E-state index in [1.807, 2.05) is 25.1 Å². The van der Waals surface area contributed by atoms with Gasteiger partial charge in [0.2, 0.25) is 0 Å². The zero-order chi connectivity index (χ0) is 17.5. The van der Waals surface area contributed by atoms with Crippen LogP contribution in [0.15, 0.2) is 22.2 Å². The van der Waals surface area contributed by atoms with Crippen molar-refractivity contribution in [2.24, 2.45) is 0 Å². The monoisotopic (exact) mass is 395 g/mol. The highest BCUT2D eigenvalue weighted by molar-refractivity contribution is 9.10. The van der Waals surface area contributed by atoms with Crippen LogP contribution in [0.4, 0.5) is 0 Å². The number of nitrogens with zero attached hydrogens (tertiary/aromatic N) is 1. The Bertz CT molecular complexity index is 613. The van der Waals surface area contributed by atoms with E-state index in [4.69, 9.17) is 9.47 Å². The van der Waals surface area contributed by atoms with E-state index in [1.165, 1.54) is 0 Å². The van der Waals surface area contributed by atoms with Gasteiger partial charge in [-0.15, -0.1) is 0 Å². The minimum absolute atomic E-state index is 0.236. The minimum Gasteiger partial charge on any atom is -0.490 e. The Balaban J connectivity index is 2.32. The summed E-state index contributed by atoms with van der Waals surface area (Å²) >= 11 is 3.57. The van der Waals surface area contributed by atoms with Crippen LogP contribution in [0.3, 0.4) is 0 Å². The number of carbonyl (C=O) groups excluding carboxylic acids is 1. The van der Waals surface area contributed by atoms with E-state index in [1.54, 1.807) is 0 Å². The van der Waals surface area contributed by atoms with Crippen LogP contribution < -0.4 is 9.47 Å². The summed E-state index contributed by atoms with van der Waals surface area (Å²) in [6.07, 6.45) is 3.50. The average Bonchev–Trinajstić information content (AvgIpc) is 2.56. The molecule has 0 unspecified atom stereocenters. The molecule has 1 aromatic carbocycles. The molecule has 4 nitrogen and oxygen atoms in total. The van der Waals surface area contributed by atoms with E-state index in [0.29, 0.717) is 31.9 Å². The standard InChI is InChI=1S/C19H26BrNO3/c1-4-9-24-19-16(20)11-14(12-18(19)23-6-3)10-15-13-21(5-2)8-7-17(15)22/h10-12H,4-9,13H2,1-3H3/b15-10+. The average molecular weight is 396 g/mol. The molecule has 2 rings (SSSR count). The molecule has 1 heterocycles. The van der Waals surface area contributed by atoms with E-state index < -0.39 is 0 Å². The van der Waals surface area contributed by atoms with Crippen LogP contribution in [-0.2, 0) is 4.79 Å². The van der Waals surface area contributed by atoms with Crippen LogP contribution in [-0.4, -0.2) is 43.5 Å². The Morgan fingerprint density at radius 2 is 2.04 bits per heavy atom. The number of carbonyl (C=O) groups is 1. The number of benzene rings is 1. The van der Waals surface area contributed by atoms with Crippen LogP contribution >= 0.6 is 15.9 Å². The number of likely N-dealkylation sites (N-methyl/N-ethyl adjacent to an activating group) is 1. The van der Waals surface area contributed by atoms with Crippen molar-refractivity contribution in [2.75, 3.05) is 32.8 Å². The van der Waals surface area contributed by atoms with Gasteiger partial charge in [-0.25, -0.2) is 0 Å². The van der Waals surface area contributed by atoms with Gasteiger partial charge in [-0.3, -0.25) is 9.69 Å². The van der Waals surface area contributed by atoms with Crippen LogP contribution in [0, 0.1) is 0 Å². The van der Waals surface area contributed by atoms with E-state index in [-0.39, 0.29) is 5.78 Å². The second-order valence-corrected chi connectivity index (χ2v) is 6.68. The lowest BCUT2D eigenvalue weighted by Gasteiger charge is -2.26. The molecule has 0 spiro atoms. The maximum absolute atomic E-state index is 12.2. The predicted octanol–water partition coefficient (Wildman–Crippen LogP) is 4.31. The Labute approximate surface area is 152 Å². The molecule has 0 amide bonds. The lowest BCUT2D eigenvalue weighted by atomic mass is 10.00. The number of hydrogen-bond acceptors (Lipinski definition) is 4. The number of halogens is 1. The molecule has 1 aromatic rings. The number of likely N-dealkylation sites (tertiary alicyclic amines) is 1. The van der Waals surface area contributed by atoms with Crippen molar-refractivity contribution in [3.8, 4) is 11.5 Å². The van der Waals surface area contributed by atoms with Gasteiger partial charge in [0.1, 0.15) is 0 Å². The maximum atomic E-state index is 12.2. The highest BCUT2D eigenvalue weighted by atomic mass is 79.9. The van der Waals surface area contributed by atoms with Gasteiger partial charge in [0.15, 0.2) is 17.3 Å². The molecule has 1 aliphatic rings. The highest BCUT2D eigenvalue weighted by Crippen LogP contribution is 2.37. The first-order valence-electron chi connectivity index (χ1n) is 8.64. The van der Waals surface area contributed by atoms with Gasteiger partial charge in [0.05, 0.1) is 17.7 Å². The first-order valence-corrected chi connectivity index (χ1v) is 9.43. The molecule has 1 saturated heterocycles. The summed E-state index contributed by atoms with van der Waals surface area (Å²) in [5.74, 6) is 1.67. The lowest BCUT2D eigenvalue weighted by Crippen LogP contribution is -2.35. The highest BCUT2D eigenvalue weighted by Gasteiger charge is 2.20. The molecule has 0 aromatic heterocycles. The normalized spacial score (nSPS) is 17.3. The van der Waals surface area contributed by atoms with Crippen molar-refractivity contribution in [1.82, 2.24) is 4.90 Å². The number of rotatable bonds is 7. The summed E-state index contributed by atoms with van der Waals surface area (Å²) in [4.78, 5) is 14.5. The molecule has 0 radical (unpaired) electrons. The summed E-state index contributed by atoms with van der Waals surface area (Å²) in [6.45, 7) is 9.88. The van der Waals surface area contributed by atoms with Gasteiger partial charge < -0.3 is 9.47 Å². The fourth-order valence-corrected chi connectivity index (χ4v) is 3.28. The first kappa shape index (κ1) is 19.0. The molecule has 5 heteroatoms. The van der Waals surface area contributed by atoms with Crippen LogP contribution in [0.1, 0.15) is 39.2 Å². The van der Waals surface area contributed by atoms with Crippen molar-refractivity contribution in [2.45, 2.75) is 33.6 Å². The molecule has 132 valence electrons. The number of piperidine rings is 1. The van der Waals surface area contributed by atoms with E-state index >= 15 is 0 Å². The Kier molecular flexibility index (Phi) is 7.31. The van der Waals surface area contributed by atoms with Crippen molar-refractivity contribution < 1.29 is 14.3 Å². The molecule has 0 bridgehead atoms. The summed E-state index contributed by atoms with van der Waals surface area (Å²) in [5.41, 5.74) is 1.81. The van der Waals surface area contributed by atoms with Crippen molar-refractivity contribution in [3.05, 3.63) is 27.7 Å². The second-order valence-electron chi connectivity index (χ2n) is 5.82. The number of ketones is 1. The number of hydrogen-bond donors (Lipinski definition) is 0. The molecular formula is C19H26BrNO3. The van der Waals surface area contributed by atoms with E-state index in [0.717, 1.165) is 40.9 Å². The van der Waals surface area contributed by atoms with Gasteiger partial charge in [0.25, 0.3) is 0 Å². The SMILES string of the molecule is CCCOc1c(Br)cc(/C=C2\CN(CC)CCC2=O)cc1OCC. The van der Waals surface area contributed by atoms with Crippen LogP contribution in [0.25, 0.3) is 6.08 Å². The molecule has 0 N–H and O–H groups in total. The first-order chi connectivity index (χ1) is 11.6. The van der Waals surface area contributed by atoms with Crippen LogP contribution in [0.5, 0.6) is 11.5 Å². The predicted molar refractivity (Wildman–Crippen MR) is 101 cm³/mol. The lowest BCUT2D eigenvalue weighted by molar-refractivity contribution is -0.117. The fraction of sp³-hybridized carbons (Fsp3) is 0.526. The molecular weight excluding hydrogens is 370 g/mol. The molecule has 1 fully saturated rings. The van der Waals surface area contributed by atoms with Gasteiger partial charge in [-0.05, 0) is 59.6 Å². The second kappa shape index (κ2) is 9.23. The Morgan fingerprint density at radius 1 is 1.25 bits per heavy atom. The molecule has 0 atom stereocenters. The topological polar surface area (TPSA) is 38.8 Å². The quantitative estimate of drug-likeness (QED) is 0.644. The van der Waals surface area contributed by atoms with Crippen molar-refractivity contribution >= 4 is 27.8 Å². The Morgan fingerprint density at radius 3 is 2.71 bits per heavy atom. The molecule has 1 aliphatic heterocycles. The summed E-state index contributed by atoms with van der Waals surface area (Å²) in [7, 11) is 0.